The van der Waals surface area contributed by atoms with Gasteiger partial charge in [0, 0.05) is 25.8 Å². The summed E-state index contributed by atoms with van der Waals surface area (Å²) in [7, 11) is 1.93. The fourth-order valence-electron chi connectivity index (χ4n) is 1.74. The van der Waals surface area contributed by atoms with E-state index in [9.17, 15) is 0 Å². The highest BCUT2D eigenvalue weighted by molar-refractivity contribution is 5.43. The van der Waals surface area contributed by atoms with Crippen molar-refractivity contribution in [1.29, 1.82) is 0 Å². The summed E-state index contributed by atoms with van der Waals surface area (Å²) >= 11 is 0. The van der Waals surface area contributed by atoms with Crippen molar-refractivity contribution in [1.82, 2.24) is 5.32 Å². The molecule has 0 aliphatic carbocycles. The van der Waals surface area contributed by atoms with Gasteiger partial charge in [0.05, 0.1) is 0 Å². The summed E-state index contributed by atoms with van der Waals surface area (Å²) in [6.07, 6.45) is 0. The van der Waals surface area contributed by atoms with E-state index in [1.54, 1.807) is 0 Å². The van der Waals surface area contributed by atoms with Crippen LogP contribution in [0.2, 0.25) is 0 Å². The van der Waals surface area contributed by atoms with E-state index < -0.39 is 0 Å². The molecular formula is C15H18N2. The van der Waals surface area contributed by atoms with Gasteiger partial charge in [-0.15, -0.1) is 0 Å². The third-order valence-electron chi connectivity index (χ3n) is 2.74. The van der Waals surface area contributed by atoms with Crippen molar-refractivity contribution >= 4 is 5.69 Å². The van der Waals surface area contributed by atoms with Crippen molar-refractivity contribution in [2.45, 2.75) is 13.1 Å². The molecule has 0 spiro atoms. The van der Waals surface area contributed by atoms with Crippen LogP contribution in [0.5, 0.6) is 0 Å². The Morgan fingerprint density at radius 1 is 0.765 bits per heavy atom. The normalized spacial score (nSPS) is 10.2. The van der Waals surface area contributed by atoms with Gasteiger partial charge >= 0.3 is 0 Å². The monoisotopic (exact) mass is 226 g/mol. The first-order valence-corrected chi connectivity index (χ1v) is 5.90. The fraction of sp³-hybridized carbons (Fsp3) is 0.200. The summed E-state index contributed by atoms with van der Waals surface area (Å²) < 4.78 is 0. The predicted molar refractivity (Wildman–Crippen MR) is 73.0 cm³/mol. The van der Waals surface area contributed by atoms with E-state index in [2.05, 4.69) is 59.2 Å². The zero-order chi connectivity index (χ0) is 11.9. The molecule has 17 heavy (non-hydrogen) atoms. The van der Waals surface area contributed by atoms with Crippen LogP contribution in [0.15, 0.2) is 54.6 Å². The Labute approximate surface area is 103 Å². The Hall–Kier alpha value is -1.80. The van der Waals surface area contributed by atoms with E-state index in [-0.39, 0.29) is 0 Å². The van der Waals surface area contributed by atoms with Gasteiger partial charge in [-0.3, -0.25) is 0 Å². The predicted octanol–water partition coefficient (Wildman–Crippen LogP) is 3.02. The van der Waals surface area contributed by atoms with Crippen molar-refractivity contribution in [2.24, 2.45) is 0 Å². The van der Waals surface area contributed by atoms with E-state index in [0.29, 0.717) is 0 Å². The number of nitrogens with one attached hydrogen (secondary N) is 2. The summed E-state index contributed by atoms with van der Waals surface area (Å²) in [5.41, 5.74) is 3.77. The largest absolute Gasteiger partial charge is 0.388 e. The van der Waals surface area contributed by atoms with Gasteiger partial charge in [-0.1, -0.05) is 42.5 Å². The third-order valence-corrected chi connectivity index (χ3v) is 2.74. The Morgan fingerprint density at radius 2 is 1.35 bits per heavy atom. The van der Waals surface area contributed by atoms with Crippen LogP contribution in [-0.4, -0.2) is 7.05 Å². The minimum atomic E-state index is 0.902. The maximum Gasteiger partial charge on any atom is 0.0337 e. The van der Waals surface area contributed by atoms with Crippen LogP contribution in [0.1, 0.15) is 11.1 Å². The van der Waals surface area contributed by atoms with Gasteiger partial charge in [-0.25, -0.2) is 0 Å². The van der Waals surface area contributed by atoms with E-state index >= 15 is 0 Å². The molecule has 0 bridgehead atoms. The lowest BCUT2D eigenvalue weighted by molar-refractivity contribution is 0.693. The number of hydrogen-bond donors (Lipinski definition) is 2. The maximum absolute atomic E-state index is 3.44. The molecule has 88 valence electrons. The summed E-state index contributed by atoms with van der Waals surface area (Å²) in [5, 5.41) is 6.55. The number of anilines is 1. The van der Waals surface area contributed by atoms with Gasteiger partial charge in [0.1, 0.15) is 0 Å². The van der Waals surface area contributed by atoms with E-state index in [1.807, 2.05) is 13.1 Å². The minimum Gasteiger partial charge on any atom is -0.388 e. The standard InChI is InChI=1S/C15H18N2/c1-16-15-9-7-14(8-10-15)12-17-11-13-5-3-2-4-6-13/h2-10,16-17H,11-12H2,1H3. The second-order valence-corrected chi connectivity index (χ2v) is 4.04. The van der Waals surface area contributed by atoms with Crippen molar-refractivity contribution in [3.63, 3.8) is 0 Å². The molecule has 0 saturated carbocycles. The average molecular weight is 226 g/mol. The molecule has 0 aliphatic heterocycles. The molecule has 0 heterocycles. The molecule has 2 aromatic carbocycles. The van der Waals surface area contributed by atoms with Crippen molar-refractivity contribution in [3.8, 4) is 0 Å². The summed E-state index contributed by atoms with van der Waals surface area (Å²) in [6, 6.07) is 18.9. The van der Waals surface area contributed by atoms with Crippen molar-refractivity contribution < 1.29 is 0 Å². The molecule has 2 rings (SSSR count). The highest BCUT2D eigenvalue weighted by Crippen LogP contribution is 2.08. The first-order valence-electron chi connectivity index (χ1n) is 5.90. The SMILES string of the molecule is CNc1ccc(CNCc2ccccc2)cc1. The summed E-state index contributed by atoms with van der Waals surface area (Å²) in [5.74, 6) is 0. The Balaban J connectivity index is 1.82. The van der Waals surface area contributed by atoms with E-state index in [1.165, 1.54) is 11.1 Å². The lowest BCUT2D eigenvalue weighted by Gasteiger charge is -2.06. The molecule has 0 fully saturated rings. The van der Waals surface area contributed by atoms with E-state index in [4.69, 9.17) is 0 Å². The first-order chi connectivity index (χ1) is 8.38. The van der Waals surface area contributed by atoms with Gasteiger partial charge in [0.2, 0.25) is 0 Å². The van der Waals surface area contributed by atoms with Crippen LogP contribution in [0.4, 0.5) is 5.69 Å². The second-order valence-electron chi connectivity index (χ2n) is 4.04. The second kappa shape index (κ2) is 6.06. The molecular weight excluding hydrogens is 208 g/mol. The molecule has 2 aromatic rings. The minimum absolute atomic E-state index is 0.902. The molecule has 2 N–H and O–H groups in total. The average Bonchev–Trinajstić information content (AvgIpc) is 2.41. The maximum atomic E-state index is 3.44. The van der Waals surface area contributed by atoms with Gasteiger partial charge in [-0.2, -0.15) is 0 Å². The third kappa shape index (κ3) is 3.61. The van der Waals surface area contributed by atoms with Gasteiger partial charge < -0.3 is 10.6 Å². The lowest BCUT2D eigenvalue weighted by atomic mass is 10.2. The lowest BCUT2D eigenvalue weighted by Crippen LogP contribution is -2.12. The number of rotatable bonds is 5. The molecule has 0 atom stereocenters. The van der Waals surface area contributed by atoms with Gasteiger partial charge in [0.15, 0.2) is 0 Å². The quantitative estimate of drug-likeness (QED) is 0.819. The number of hydrogen-bond acceptors (Lipinski definition) is 2. The topological polar surface area (TPSA) is 24.1 Å². The van der Waals surface area contributed by atoms with Crippen LogP contribution in [0, 0.1) is 0 Å². The molecule has 0 saturated heterocycles. The smallest absolute Gasteiger partial charge is 0.0337 e. The van der Waals surface area contributed by atoms with E-state index in [0.717, 1.165) is 18.8 Å². The Kier molecular flexibility index (Phi) is 4.17. The number of benzene rings is 2. The fourth-order valence-corrected chi connectivity index (χ4v) is 1.74. The highest BCUT2D eigenvalue weighted by atomic mass is 14.8. The summed E-state index contributed by atoms with van der Waals surface area (Å²) in [6.45, 7) is 1.81. The first kappa shape index (κ1) is 11.7. The van der Waals surface area contributed by atoms with Gasteiger partial charge in [0.25, 0.3) is 0 Å². The van der Waals surface area contributed by atoms with Crippen molar-refractivity contribution in [3.05, 3.63) is 65.7 Å². The Bertz CT molecular complexity index is 434. The zero-order valence-electron chi connectivity index (χ0n) is 10.1. The molecule has 2 heteroatoms. The van der Waals surface area contributed by atoms with Crippen LogP contribution >= 0.6 is 0 Å². The summed E-state index contributed by atoms with van der Waals surface area (Å²) in [4.78, 5) is 0. The Morgan fingerprint density at radius 3 is 1.94 bits per heavy atom. The van der Waals surface area contributed by atoms with Crippen LogP contribution in [0.3, 0.4) is 0 Å². The van der Waals surface area contributed by atoms with Crippen LogP contribution in [-0.2, 0) is 13.1 Å². The van der Waals surface area contributed by atoms with Crippen LogP contribution in [0.25, 0.3) is 0 Å². The molecule has 0 unspecified atom stereocenters. The zero-order valence-corrected chi connectivity index (χ0v) is 10.1. The molecule has 0 amide bonds. The molecule has 0 aromatic heterocycles. The highest BCUT2D eigenvalue weighted by Gasteiger charge is 1.94. The van der Waals surface area contributed by atoms with Crippen LogP contribution < -0.4 is 10.6 Å². The van der Waals surface area contributed by atoms with Crippen molar-refractivity contribution in [2.75, 3.05) is 12.4 Å². The molecule has 0 radical (unpaired) electrons. The molecule has 2 nitrogen and oxygen atoms in total. The molecule has 0 aliphatic rings. The van der Waals surface area contributed by atoms with Gasteiger partial charge in [-0.05, 0) is 23.3 Å².